The Labute approximate surface area is 187 Å². The van der Waals surface area contributed by atoms with Crippen LogP contribution in [0.25, 0.3) is 0 Å². The van der Waals surface area contributed by atoms with Gasteiger partial charge in [-0.25, -0.2) is 4.79 Å². The highest BCUT2D eigenvalue weighted by Crippen LogP contribution is 2.25. The van der Waals surface area contributed by atoms with Crippen LogP contribution in [0.1, 0.15) is 50.7 Å². The summed E-state index contributed by atoms with van der Waals surface area (Å²) in [5.74, 6) is -0.0291. The van der Waals surface area contributed by atoms with Gasteiger partial charge in [-0.1, -0.05) is 93.4 Å². The van der Waals surface area contributed by atoms with Gasteiger partial charge in [-0.3, -0.25) is 0 Å². The van der Waals surface area contributed by atoms with Gasteiger partial charge in [0.25, 0.3) is 0 Å². The van der Waals surface area contributed by atoms with E-state index in [0.717, 1.165) is 30.4 Å². The fraction of sp³-hybridized carbons (Fsp3) is 0.444. The van der Waals surface area contributed by atoms with Crippen molar-refractivity contribution in [3.05, 3.63) is 83.9 Å². The molecular formula is C27H36O4. The van der Waals surface area contributed by atoms with Crippen LogP contribution in [0.5, 0.6) is 0 Å². The molecule has 0 radical (unpaired) electrons. The van der Waals surface area contributed by atoms with E-state index in [-0.39, 0.29) is 18.2 Å². The maximum Gasteiger partial charge on any atom is 0.330 e. The summed E-state index contributed by atoms with van der Waals surface area (Å²) in [7, 11) is 1.38. The largest absolute Gasteiger partial charge is 0.466 e. The average molecular weight is 425 g/mol. The number of carbonyl (C=O) groups excluding carboxylic acids is 1. The van der Waals surface area contributed by atoms with Crippen LogP contribution in [-0.4, -0.2) is 25.3 Å². The molecule has 4 heteroatoms. The second-order valence-electron chi connectivity index (χ2n) is 7.88. The summed E-state index contributed by atoms with van der Waals surface area (Å²) >= 11 is 0. The predicted molar refractivity (Wildman–Crippen MR) is 125 cm³/mol. The van der Waals surface area contributed by atoms with Gasteiger partial charge in [0.15, 0.2) is 0 Å². The van der Waals surface area contributed by atoms with Crippen LogP contribution in [-0.2, 0) is 32.2 Å². The molecule has 2 aromatic rings. The molecule has 0 amide bonds. The van der Waals surface area contributed by atoms with Crippen molar-refractivity contribution in [1.82, 2.24) is 0 Å². The Hall–Kier alpha value is -2.43. The summed E-state index contributed by atoms with van der Waals surface area (Å²) < 4.78 is 17.5. The van der Waals surface area contributed by atoms with Crippen molar-refractivity contribution in [2.24, 2.45) is 5.92 Å². The van der Waals surface area contributed by atoms with E-state index in [0.29, 0.717) is 25.6 Å². The smallest absolute Gasteiger partial charge is 0.330 e. The van der Waals surface area contributed by atoms with Crippen molar-refractivity contribution >= 4 is 5.97 Å². The summed E-state index contributed by atoms with van der Waals surface area (Å²) in [4.78, 5) is 11.5. The fourth-order valence-electron chi connectivity index (χ4n) is 3.54. The summed E-state index contributed by atoms with van der Waals surface area (Å²) in [6.45, 7) is 5.47. The number of unbranched alkanes of at least 4 members (excludes halogenated alkanes) is 1. The Morgan fingerprint density at radius 3 is 2.06 bits per heavy atom. The Morgan fingerprint density at radius 1 is 0.935 bits per heavy atom. The maximum absolute atomic E-state index is 11.5. The lowest BCUT2D eigenvalue weighted by atomic mass is 9.92. The molecule has 0 aliphatic heterocycles. The molecule has 0 aliphatic carbocycles. The van der Waals surface area contributed by atoms with E-state index in [2.05, 4.69) is 38.1 Å². The Morgan fingerprint density at radius 2 is 1.52 bits per heavy atom. The summed E-state index contributed by atoms with van der Waals surface area (Å²) in [5, 5.41) is 0. The summed E-state index contributed by atoms with van der Waals surface area (Å²) in [5.41, 5.74) is 2.26. The Balaban J connectivity index is 2.15. The Bertz CT molecular complexity index is 757. The maximum atomic E-state index is 11.5. The molecule has 0 saturated carbocycles. The number of methoxy groups -OCH3 is 1. The average Bonchev–Trinajstić information content (AvgIpc) is 2.81. The van der Waals surface area contributed by atoms with Gasteiger partial charge in [0, 0.05) is 6.08 Å². The molecule has 0 unspecified atom stereocenters. The highest BCUT2D eigenvalue weighted by molar-refractivity contribution is 5.81. The minimum absolute atomic E-state index is 0.0854. The molecule has 4 nitrogen and oxygen atoms in total. The van der Waals surface area contributed by atoms with E-state index in [1.165, 1.54) is 13.2 Å². The van der Waals surface area contributed by atoms with Crippen molar-refractivity contribution in [3.63, 3.8) is 0 Å². The van der Waals surface area contributed by atoms with E-state index in [1.807, 2.05) is 42.5 Å². The van der Waals surface area contributed by atoms with Gasteiger partial charge < -0.3 is 14.2 Å². The van der Waals surface area contributed by atoms with Gasteiger partial charge in [-0.05, 0) is 29.9 Å². The van der Waals surface area contributed by atoms with Crippen molar-refractivity contribution in [1.29, 1.82) is 0 Å². The molecule has 0 aromatic heterocycles. The number of hydrogen-bond acceptors (Lipinski definition) is 4. The molecule has 0 bridgehead atoms. The first-order valence-corrected chi connectivity index (χ1v) is 11.2. The summed E-state index contributed by atoms with van der Waals surface area (Å²) in [6, 6.07) is 20.3. The number of ether oxygens (including phenoxy) is 3. The molecule has 168 valence electrons. The molecule has 0 aliphatic rings. The molecule has 0 heterocycles. The van der Waals surface area contributed by atoms with Crippen LogP contribution in [0.2, 0.25) is 0 Å². The molecule has 2 rings (SSSR count). The molecule has 0 fully saturated rings. The van der Waals surface area contributed by atoms with Gasteiger partial charge in [0.05, 0.1) is 32.5 Å². The first kappa shape index (κ1) is 24.8. The molecular weight excluding hydrogens is 388 g/mol. The van der Waals surface area contributed by atoms with E-state index in [9.17, 15) is 4.79 Å². The van der Waals surface area contributed by atoms with Gasteiger partial charge in [0.1, 0.15) is 0 Å². The number of esters is 1. The molecule has 2 aromatic carbocycles. The van der Waals surface area contributed by atoms with Crippen LogP contribution in [0.3, 0.4) is 0 Å². The molecule has 3 atom stereocenters. The van der Waals surface area contributed by atoms with Crippen molar-refractivity contribution in [3.8, 4) is 0 Å². The zero-order chi connectivity index (χ0) is 22.3. The van der Waals surface area contributed by atoms with Gasteiger partial charge in [-0.15, -0.1) is 0 Å². The first-order chi connectivity index (χ1) is 15.1. The van der Waals surface area contributed by atoms with Crippen LogP contribution in [0.4, 0.5) is 0 Å². The fourth-order valence-corrected chi connectivity index (χ4v) is 3.54. The van der Waals surface area contributed by atoms with E-state index < -0.39 is 0 Å². The zero-order valence-electron chi connectivity index (χ0n) is 19.0. The number of carbonyl (C=O) groups is 1. The van der Waals surface area contributed by atoms with Gasteiger partial charge in [-0.2, -0.15) is 0 Å². The number of benzene rings is 2. The normalized spacial score (nSPS) is 14.3. The van der Waals surface area contributed by atoms with Crippen LogP contribution >= 0.6 is 0 Å². The Kier molecular flexibility index (Phi) is 11.7. The van der Waals surface area contributed by atoms with Crippen molar-refractivity contribution in [2.75, 3.05) is 7.11 Å². The number of hydrogen-bond donors (Lipinski definition) is 0. The van der Waals surface area contributed by atoms with E-state index >= 15 is 0 Å². The lowest BCUT2D eigenvalue weighted by Gasteiger charge is -2.32. The topological polar surface area (TPSA) is 44.8 Å². The highest BCUT2D eigenvalue weighted by atomic mass is 16.5. The van der Waals surface area contributed by atoms with Crippen LogP contribution in [0.15, 0.2) is 72.8 Å². The summed E-state index contributed by atoms with van der Waals surface area (Å²) in [6.07, 6.45) is 6.98. The SMILES string of the molecule is CCCC[C@@H](C)[C@@H](OCc1ccccc1)[C@H](C/C=C/C(=O)OC)OCc1ccccc1. The van der Waals surface area contributed by atoms with Crippen LogP contribution < -0.4 is 0 Å². The molecule has 0 saturated heterocycles. The van der Waals surface area contributed by atoms with Gasteiger partial charge >= 0.3 is 5.97 Å². The van der Waals surface area contributed by atoms with Crippen molar-refractivity contribution in [2.45, 2.75) is 65.0 Å². The second kappa shape index (κ2) is 14.6. The first-order valence-electron chi connectivity index (χ1n) is 11.2. The minimum Gasteiger partial charge on any atom is -0.466 e. The van der Waals surface area contributed by atoms with Crippen molar-refractivity contribution < 1.29 is 19.0 Å². The molecule has 0 N–H and O–H groups in total. The second-order valence-corrected chi connectivity index (χ2v) is 7.88. The predicted octanol–water partition coefficient (Wildman–Crippen LogP) is 6.10. The lowest BCUT2D eigenvalue weighted by Crippen LogP contribution is -2.37. The quantitative estimate of drug-likeness (QED) is 0.271. The van der Waals surface area contributed by atoms with Gasteiger partial charge in [0.2, 0.25) is 0 Å². The molecule has 31 heavy (non-hydrogen) atoms. The van der Waals surface area contributed by atoms with E-state index in [4.69, 9.17) is 14.2 Å². The monoisotopic (exact) mass is 424 g/mol. The third-order valence-corrected chi connectivity index (χ3v) is 5.36. The highest BCUT2D eigenvalue weighted by Gasteiger charge is 2.28. The zero-order valence-corrected chi connectivity index (χ0v) is 19.0. The number of rotatable bonds is 14. The third-order valence-electron chi connectivity index (χ3n) is 5.36. The third kappa shape index (κ3) is 9.50. The molecule has 0 spiro atoms. The van der Waals surface area contributed by atoms with Crippen LogP contribution in [0, 0.1) is 5.92 Å². The lowest BCUT2D eigenvalue weighted by molar-refractivity contribution is -0.134. The minimum atomic E-state index is -0.359. The van der Waals surface area contributed by atoms with E-state index in [1.54, 1.807) is 0 Å². The standard InChI is InChI=1S/C27H36O4/c1-4-5-13-22(2)27(31-21-24-16-10-7-11-17-24)25(18-12-19-26(28)29-3)30-20-23-14-8-6-9-15-23/h6-12,14-17,19,22,25,27H,4-5,13,18,20-21H2,1-3H3/b19-12+/t22-,25+,27-/m1/s1.